The normalized spacial score (nSPS) is 12.2. The van der Waals surface area contributed by atoms with Crippen LogP contribution in [-0.2, 0) is 29.2 Å². The van der Waals surface area contributed by atoms with E-state index in [2.05, 4.69) is 8.92 Å². The van der Waals surface area contributed by atoms with Crippen molar-refractivity contribution in [3.63, 3.8) is 0 Å². The molecule has 0 aliphatic rings. The van der Waals surface area contributed by atoms with Gasteiger partial charge in [0, 0.05) is 6.42 Å². The molecule has 0 unspecified atom stereocenters. The van der Waals surface area contributed by atoms with Gasteiger partial charge in [-0.05, 0) is 6.42 Å². The summed E-state index contributed by atoms with van der Waals surface area (Å²) < 4.78 is 116. The van der Waals surface area contributed by atoms with Crippen LogP contribution >= 0.6 is 0 Å². The summed E-state index contributed by atoms with van der Waals surface area (Å²) in [5.41, 5.74) is 0. The van der Waals surface area contributed by atoms with Crippen LogP contribution in [0.1, 0.15) is 12.8 Å². The van der Waals surface area contributed by atoms with E-state index in [9.17, 15) is 43.7 Å². The predicted molar refractivity (Wildman–Crippen MR) is 69.9 cm³/mol. The van der Waals surface area contributed by atoms with E-state index in [0.29, 0.717) is 0 Å². The summed E-state index contributed by atoms with van der Waals surface area (Å²) in [6, 6.07) is 0. The van der Waals surface area contributed by atoms with E-state index in [1.165, 1.54) is 0 Å². The molecule has 1 aromatic rings. The minimum absolute atomic E-state index is 0.285. The van der Waals surface area contributed by atoms with Crippen LogP contribution in [0, 0.1) is 23.3 Å². The molecule has 1 rings (SSSR count). The van der Waals surface area contributed by atoms with Crippen LogP contribution in [0.4, 0.5) is 17.6 Å². The Morgan fingerprint density at radius 1 is 1.00 bits per heavy atom. The molecule has 0 amide bonds. The van der Waals surface area contributed by atoms with Crippen molar-refractivity contribution < 1.29 is 52.7 Å². The van der Waals surface area contributed by atoms with E-state index in [4.69, 9.17) is 0 Å². The number of benzene rings is 1. The molecule has 14 heteroatoms. The number of hydrogen-bond donors (Lipinski definition) is 0. The Hall–Kier alpha value is -1.77. The van der Waals surface area contributed by atoms with Crippen molar-refractivity contribution in [2.75, 3.05) is 12.9 Å². The minimum atomic E-state index is -5.88. The summed E-state index contributed by atoms with van der Waals surface area (Å²) in [5.74, 6) is -13.2. The maximum absolute atomic E-state index is 13.6. The third-order valence-electron chi connectivity index (χ3n) is 2.47. The predicted octanol–water partition coefficient (Wildman–Crippen LogP) is 0.809. The maximum Gasteiger partial charge on any atom is 0.311 e. The van der Waals surface area contributed by atoms with Gasteiger partial charge >= 0.3 is 5.97 Å². The molecule has 1 aromatic carbocycles. The van der Waals surface area contributed by atoms with Crippen molar-refractivity contribution in [2.24, 2.45) is 0 Å². The Kier molecular flexibility index (Phi) is 6.50. The highest BCUT2D eigenvalue weighted by atomic mass is 32.2. The van der Waals surface area contributed by atoms with E-state index >= 15 is 0 Å². The third-order valence-corrected chi connectivity index (χ3v) is 3.92. The quantitative estimate of drug-likeness (QED) is 0.123. The second-order valence-corrected chi connectivity index (χ2v) is 7.43. The number of esters is 1. The Morgan fingerprint density at radius 3 is 1.88 bits per heavy atom. The largest absolute Gasteiger partial charge is 0.744 e. The number of halogens is 4. The summed E-state index contributed by atoms with van der Waals surface area (Å²) in [5, 5.41) is 0. The Morgan fingerprint density at radius 2 is 1.48 bits per heavy atom. The fourth-order valence-corrected chi connectivity index (χ4v) is 2.53. The van der Waals surface area contributed by atoms with Gasteiger partial charge in [-0.3, -0.25) is 8.98 Å². The number of carbonyl (C=O) groups excluding carboxylic acids is 1. The zero-order chi connectivity index (χ0) is 19.6. The summed E-state index contributed by atoms with van der Waals surface area (Å²) in [6.45, 7) is -0.477. The van der Waals surface area contributed by atoms with E-state index in [1.54, 1.807) is 0 Å². The average molecular weight is 409 g/mol. The molecule has 142 valence electrons. The molecule has 0 N–H and O–H groups in total. The molecular formula is C11H9F4O8S2-. The molecule has 0 saturated heterocycles. The molecule has 0 atom stereocenters. The molecule has 0 heterocycles. The molecule has 0 radical (unpaired) electrons. The number of hydrogen-bond acceptors (Lipinski definition) is 8. The van der Waals surface area contributed by atoms with Crippen molar-refractivity contribution in [3.8, 4) is 5.75 Å². The SMILES string of the molecule is CS(=O)(=O)OCCCC(=O)Oc1c(F)c(F)c(S(=O)(=O)[O-])c(F)c1F. The lowest BCUT2D eigenvalue weighted by atomic mass is 10.2. The zero-order valence-corrected chi connectivity index (χ0v) is 13.8. The maximum atomic E-state index is 13.6. The zero-order valence-electron chi connectivity index (χ0n) is 12.2. The van der Waals surface area contributed by atoms with Gasteiger partial charge < -0.3 is 9.29 Å². The molecule has 0 spiro atoms. The third kappa shape index (κ3) is 5.62. The lowest BCUT2D eigenvalue weighted by Gasteiger charge is -2.13. The van der Waals surface area contributed by atoms with Gasteiger partial charge in [-0.15, -0.1) is 0 Å². The van der Waals surface area contributed by atoms with Crippen LogP contribution in [0.3, 0.4) is 0 Å². The molecule has 0 aromatic heterocycles. The molecule has 8 nitrogen and oxygen atoms in total. The van der Waals surface area contributed by atoms with Gasteiger partial charge in [0.05, 0.1) is 12.9 Å². The van der Waals surface area contributed by atoms with Gasteiger partial charge in [-0.2, -0.15) is 17.2 Å². The molecule has 0 aliphatic carbocycles. The van der Waals surface area contributed by atoms with Crippen molar-refractivity contribution in [1.82, 2.24) is 0 Å². The van der Waals surface area contributed by atoms with Gasteiger partial charge in [-0.1, -0.05) is 0 Å². The Bertz CT molecular complexity index is 866. The van der Waals surface area contributed by atoms with Crippen LogP contribution in [0.25, 0.3) is 0 Å². The van der Waals surface area contributed by atoms with Crippen LogP contribution in [-0.4, -0.2) is 40.2 Å². The molecule has 0 fully saturated rings. The molecule has 0 bridgehead atoms. The molecule has 0 saturated carbocycles. The van der Waals surface area contributed by atoms with E-state index < -0.39 is 73.1 Å². The van der Waals surface area contributed by atoms with E-state index in [1.807, 2.05) is 0 Å². The first-order chi connectivity index (χ1) is 11.3. The van der Waals surface area contributed by atoms with Gasteiger partial charge in [0.1, 0.15) is 15.0 Å². The summed E-state index contributed by atoms with van der Waals surface area (Å²) >= 11 is 0. The highest BCUT2D eigenvalue weighted by molar-refractivity contribution is 7.86. The Balaban J connectivity index is 2.99. The summed E-state index contributed by atoms with van der Waals surface area (Å²) in [7, 11) is -9.66. The van der Waals surface area contributed by atoms with Crippen LogP contribution < -0.4 is 4.74 Å². The minimum Gasteiger partial charge on any atom is -0.744 e. The van der Waals surface area contributed by atoms with Gasteiger partial charge in [0.25, 0.3) is 10.1 Å². The lowest BCUT2D eigenvalue weighted by Crippen LogP contribution is -2.16. The highest BCUT2D eigenvalue weighted by Gasteiger charge is 2.31. The van der Waals surface area contributed by atoms with Crippen LogP contribution in [0.15, 0.2) is 4.90 Å². The fraction of sp³-hybridized carbons (Fsp3) is 0.364. The fourth-order valence-electron chi connectivity index (χ4n) is 1.49. The average Bonchev–Trinajstić information content (AvgIpc) is 2.44. The number of carbonyl (C=O) groups is 1. The second kappa shape index (κ2) is 7.63. The monoisotopic (exact) mass is 409 g/mol. The van der Waals surface area contributed by atoms with Gasteiger partial charge in [-0.25, -0.2) is 17.2 Å². The second-order valence-electron chi connectivity index (χ2n) is 4.47. The topological polar surface area (TPSA) is 127 Å². The Labute approximate surface area is 139 Å². The van der Waals surface area contributed by atoms with Crippen molar-refractivity contribution >= 4 is 26.2 Å². The number of rotatable bonds is 7. The van der Waals surface area contributed by atoms with Crippen molar-refractivity contribution in [3.05, 3.63) is 23.3 Å². The first-order valence-electron chi connectivity index (χ1n) is 6.12. The smallest absolute Gasteiger partial charge is 0.311 e. The first kappa shape index (κ1) is 21.3. The first-order valence-corrected chi connectivity index (χ1v) is 9.35. The van der Waals surface area contributed by atoms with Crippen molar-refractivity contribution in [2.45, 2.75) is 17.7 Å². The molecule has 25 heavy (non-hydrogen) atoms. The number of ether oxygens (including phenoxy) is 1. The van der Waals surface area contributed by atoms with Crippen molar-refractivity contribution in [1.29, 1.82) is 0 Å². The molecular weight excluding hydrogens is 400 g/mol. The van der Waals surface area contributed by atoms with Gasteiger partial charge in [0.15, 0.2) is 11.6 Å². The van der Waals surface area contributed by atoms with Gasteiger partial charge in [0.2, 0.25) is 17.4 Å². The van der Waals surface area contributed by atoms with Crippen LogP contribution in [0.2, 0.25) is 0 Å². The van der Waals surface area contributed by atoms with Crippen LogP contribution in [0.5, 0.6) is 5.75 Å². The summed E-state index contributed by atoms with van der Waals surface area (Å²) in [6.07, 6.45) is -0.209. The lowest BCUT2D eigenvalue weighted by molar-refractivity contribution is -0.135. The highest BCUT2D eigenvalue weighted by Crippen LogP contribution is 2.32. The standard InChI is InChI=1S/C11H10F4O8S2/c1-24(17,18)22-4-2-3-5(16)23-10-6(12)8(14)11(25(19,20)21)9(15)7(10)13/h2-4H2,1H3,(H,19,20,21)/p-1. The summed E-state index contributed by atoms with van der Waals surface area (Å²) in [4.78, 5) is 8.98. The van der Waals surface area contributed by atoms with E-state index in [0.717, 1.165) is 6.26 Å². The van der Waals surface area contributed by atoms with E-state index in [-0.39, 0.29) is 6.42 Å². The molecule has 0 aliphatic heterocycles.